The van der Waals surface area contributed by atoms with Gasteiger partial charge in [-0.05, 0) is 162 Å². The summed E-state index contributed by atoms with van der Waals surface area (Å²) in [6.45, 7) is 0. The third-order valence-electron chi connectivity index (χ3n) is 19.1. The Balaban J connectivity index is 0.00000597. The molecule has 0 saturated heterocycles. The summed E-state index contributed by atoms with van der Waals surface area (Å²) in [4.78, 5) is 24.7. The van der Waals surface area contributed by atoms with E-state index in [0.29, 0.717) is 67.9 Å². The Morgan fingerprint density at radius 1 is 0.215 bits per heavy atom. The van der Waals surface area contributed by atoms with E-state index in [1.807, 2.05) is 48.5 Å². The van der Waals surface area contributed by atoms with Gasteiger partial charge < -0.3 is 27.6 Å². The maximum absolute atomic E-state index is 7.24. The van der Waals surface area contributed by atoms with Gasteiger partial charge in [0.2, 0.25) is 0 Å². The van der Waals surface area contributed by atoms with Crippen molar-refractivity contribution in [3.8, 4) is 90.3 Å². The van der Waals surface area contributed by atoms with Crippen LogP contribution in [0, 0.1) is 0 Å². The molecule has 6 aromatic heterocycles. The molecule has 9 heteroatoms. The van der Waals surface area contributed by atoms with Gasteiger partial charge >= 0.3 is 20.4 Å². The fraction of sp³-hybridized carbons (Fsp3) is 0. The van der Waals surface area contributed by atoms with Gasteiger partial charge in [-0.2, -0.15) is 0 Å². The second-order valence-electron chi connectivity index (χ2n) is 24.3. The maximum atomic E-state index is 7.24. The van der Waals surface area contributed by atoms with Crippen LogP contribution in [0.15, 0.2) is 285 Å². The van der Waals surface area contributed by atoms with Gasteiger partial charge in [-0.25, -0.2) is 9.97 Å². The second-order valence-corrected chi connectivity index (χ2v) is 24.3. The quantitative estimate of drug-likeness (QED) is 0.160. The minimum absolute atomic E-state index is 0. The molecular formula is C84H44N4O4Pd. The van der Waals surface area contributed by atoms with Crippen LogP contribution in [-0.4, -0.2) is 9.97 Å². The van der Waals surface area contributed by atoms with Crippen LogP contribution in [-0.2, 0) is 20.4 Å². The molecule has 18 aromatic rings. The number of aromatic nitrogens is 4. The Hall–Kier alpha value is -11.9. The summed E-state index contributed by atoms with van der Waals surface area (Å²) >= 11 is 0. The van der Waals surface area contributed by atoms with Gasteiger partial charge in [0.15, 0.2) is 0 Å². The fourth-order valence-corrected chi connectivity index (χ4v) is 14.8. The minimum Gasteiger partial charge on any atom is -0.656 e. The Morgan fingerprint density at radius 2 is 0.409 bits per heavy atom. The third kappa shape index (κ3) is 7.70. The van der Waals surface area contributed by atoms with Crippen molar-refractivity contribution in [3.63, 3.8) is 0 Å². The van der Waals surface area contributed by atoms with E-state index < -0.39 is 0 Å². The molecule has 8 nitrogen and oxygen atoms in total. The molecule has 2 aliphatic heterocycles. The first-order valence-corrected chi connectivity index (χ1v) is 31.0. The van der Waals surface area contributed by atoms with Crippen LogP contribution in [0.4, 0.5) is 0 Å². The molecule has 0 amide bonds. The zero-order valence-corrected chi connectivity index (χ0v) is 50.7. The van der Waals surface area contributed by atoms with Crippen molar-refractivity contribution in [3.05, 3.63) is 267 Å². The van der Waals surface area contributed by atoms with Crippen molar-refractivity contribution < 1.29 is 38.1 Å². The van der Waals surface area contributed by atoms with Crippen LogP contribution in [0.3, 0.4) is 0 Å². The van der Waals surface area contributed by atoms with E-state index in [0.717, 1.165) is 153 Å². The predicted molar refractivity (Wildman–Crippen MR) is 374 cm³/mol. The molecule has 0 fully saturated rings. The number of rotatable bonds is 4. The van der Waals surface area contributed by atoms with Crippen LogP contribution in [0.5, 0.6) is 0 Å². The largest absolute Gasteiger partial charge is 2.00 e. The summed E-state index contributed by atoms with van der Waals surface area (Å²) in [6, 6.07) is 93.8. The van der Waals surface area contributed by atoms with Crippen molar-refractivity contribution in [2.24, 2.45) is 0 Å². The van der Waals surface area contributed by atoms with Gasteiger partial charge in [-0.1, -0.05) is 170 Å². The standard InChI is InChI=1S/C84H44N4O4.Pd/c1-2-18-46-34-58-57(33-45(46)17-1)77-73(69-41-53-25-9-13-29-65(53)89-69)79-59-35-47-19-3-4-20-48(47)36-60(59)81(86-79)75(71-43-55-27-11-15-31-67(55)91-71)83-63-39-51-23-7-8-24-52(51)40-64(63)84(88-83)76(72-44-56-28-12-16-32-68(56)92-72)82-62-38-50-22-6-5-21-49(50)37-61(62)80(87-82)74(78(58)85-77)70-42-54-26-10-14-30-66(54)90-70;/h1-44H;/q-2;+2. The number of furan rings is 4. The van der Waals surface area contributed by atoms with Crippen molar-refractivity contribution in [1.82, 2.24) is 19.9 Å². The Labute approximate surface area is 542 Å². The molecule has 434 valence electrons. The number of nitrogens with zero attached hydrogens (tertiary/aromatic N) is 4. The van der Waals surface area contributed by atoms with Crippen LogP contribution >= 0.6 is 0 Å². The number of para-hydroxylation sites is 4. The molecule has 8 bridgehead atoms. The molecular weight excluding hydrogens is 1240 g/mol. The van der Waals surface area contributed by atoms with E-state index in [-0.39, 0.29) is 20.4 Å². The summed E-state index contributed by atoms with van der Waals surface area (Å²) in [5.41, 5.74) is 15.0. The number of hydrogen-bond acceptors (Lipinski definition) is 6. The smallest absolute Gasteiger partial charge is 0.656 e. The first-order valence-electron chi connectivity index (χ1n) is 31.0. The van der Waals surface area contributed by atoms with E-state index in [2.05, 4.69) is 218 Å². The zero-order chi connectivity index (χ0) is 59.9. The van der Waals surface area contributed by atoms with Gasteiger partial charge in [0.1, 0.15) is 45.4 Å². The van der Waals surface area contributed by atoms with Gasteiger partial charge in [-0.3, -0.25) is 0 Å². The Kier molecular flexibility index (Phi) is 10.9. The molecule has 93 heavy (non-hydrogen) atoms. The number of fused-ring (bicyclic) bond motifs is 8. The van der Waals surface area contributed by atoms with Crippen LogP contribution in [0.1, 0.15) is 0 Å². The molecule has 12 aromatic carbocycles. The molecule has 0 atom stereocenters. The number of benzene rings is 12. The second kappa shape index (κ2) is 19.6. The van der Waals surface area contributed by atoms with E-state index in [1.54, 1.807) is 0 Å². The summed E-state index contributed by atoms with van der Waals surface area (Å²) in [7, 11) is 0. The predicted octanol–water partition coefficient (Wildman–Crippen LogP) is 22.8. The summed E-state index contributed by atoms with van der Waals surface area (Å²) in [6.07, 6.45) is 0. The average Bonchev–Trinajstić information content (AvgIpc) is 1.56. The maximum Gasteiger partial charge on any atom is 2.00 e. The van der Waals surface area contributed by atoms with Gasteiger partial charge in [0.25, 0.3) is 0 Å². The van der Waals surface area contributed by atoms with Crippen LogP contribution < -0.4 is 9.97 Å². The summed E-state index contributed by atoms with van der Waals surface area (Å²) in [5, 5.41) is 15.9. The van der Waals surface area contributed by atoms with Gasteiger partial charge in [0.05, 0.1) is 22.8 Å². The van der Waals surface area contributed by atoms with E-state index >= 15 is 0 Å². The van der Waals surface area contributed by atoms with E-state index in [1.165, 1.54) is 0 Å². The average molecular weight is 1280 g/mol. The van der Waals surface area contributed by atoms with Crippen LogP contribution in [0.2, 0.25) is 0 Å². The topological polar surface area (TPSA) is 107 Å². The molecule has 0 spiro atoms. The van der Waals surface area contributed by atoms with E-state index in [4.69, 9.17) is 37.6 Å². The number of hydrogen-bond donors (Lipinski definition) is 0. The SMILES string of the molecule is [Pd+2].c1ccc2cc3c(cc2c1)-c1nc-3c(-c2cc3ccccc3o2)c2[n-]c(c(-c3cc4ccccc4o3)c3nc(c(-c4cc5ccccc5o4)c4[n-]c(c1-c1cc5ccccc5o1)c1cc5ccccc5cc41)-c1cc4ccccc4cc1-3)c1cc3ccccc3cc21. The normalized spacial score (nSPS) is 12.2. The van der Waals surface area contributed by atoms with Crippen molar-refractivity contribution >= 4 is 131 Å². The fourth-order valence-electron chi connectivity index (χ4n) is 14.8. The van der Waals surface area contributed by atoms with Crippen molar-refractivity contribution in [1.29, 1.82) is 0 Å². The molecule has 0 radical (unpaired) electrons. The molecule has 0 unspecified atom stereocenters. The van der Waals surface area contributed by atoms with Crippen molar-refractivity contribution in [2.45, 2.75) is 0 Å². The Bertz CT molecular complexity index is 5750. The molecule has 3 aliphatic rings. The Morgan fingerprint density at radius 3 is 0.624 bits per heavy atom. The first kappa shape index (κ1) is 52.0. The first-order chi connectivity index (χ1) is 45.5. The van der Waals surface area contributed by atoms with Gasteiger partial charge in [0, 0.05) is 66.1 Å². The molecule has 21 rings (SSSR count). The zero-order valence-electron chi connectivity index (χ0n) is 49.1. The van der Waals surface area contributed by atoms with Gasteiger partial charge in [-0.15, -0.1) is 22.1 Å². The summed E-state index contributed by atoms with van der Waals surface area (Å²) in [5.74, 6) is 2.45. The van der Waals surface area contributed by atoms with Crippen LogP contribution in [0.25, 0.3) is 221 Å². The monoisotopic (exact) mass is 1280 g/mol. The molecule has 0 N–H and O–H groups in total. The van der Waals surface area contributed by atoms with E-state index in [9.17, 15) is 0 Å². The molecule has 8 heterocycles. The third-order valence-corrected chi connectivity index (χ3v) is 19.1. The summed E-state index contributed by atoms with van der Waals surface area (Å²) < 4.78 is 28.9. The molecule has 0 saturated carbocycles. The minimum atomic E-state index is 0. The molecule has 1 aliphatic carbocycles. The van der Waals surface area contributed by atoms with Crippen molar-refractivity contribution in [2.75, 3.05) is 0 Å².